The summed E-state index contributed by atoms with van der Waals surface area (Å²) < 4.78 is 58.8. The third kappa shape index (κ3) is 5.26. The average molecular weight is 423 g/mol. The smallest absolute Gasteiger partial charge is 0.433 e. The van der Waals surface area contributed by atoms with E-state index in [1.165, 1.54) is 13.0 Å². The lowest BCUT2D eigenvalue weighted by atomic mass is 9.91. The first kappa shape index (κ1) is 23.6. The van der Waals surface area contributed by atoms with Crippen molar-refractivity contribution in [1.29, 1.82) is 0 Å². The summed E-state index contributed by atoms with van der Waals surface area (Å²) in [6.07, 6.45) is -2.09. The molecule has 1 aromatic carbocycles. The molecule has 0 fully saturated rings. The van der Waals surface area contributed by atoms with E-state index in [-0.39, 0.29) is 30.3 Å². The Morgan fingerprint density at radius 3 is 2.40 bits per heavy atom. The van der Waals surface area contributed by atoms with Crippen LogP contribution in [-0.4, -0.2) is 10.8 Å². The summed E-state index contributed by atoms with van der Waals surface area (Å²) in [7, 11) is 0. The van der Waals surface area contributed by atoms with E-state index in [9.17, 15) is 22.4 Å². The quantitative estimate of drug-likeness (QED) is 0.476. The molecular formula is C23H25F4NO2. The molecular weight excluding hydrogens is 398 g/mol. The monoisotopic (exact) mass is 423 g/mol. The highest BCUT2D eigenvalue weighted by Crippen LogP contribution is 2.34. The van der Waals surface area contributed by atoms with E-state index < -0.39 is 17.7 Å². The summed E-state index contributed by atoms with van der Waals surface area (Å²) in [6, 6.07) is 3.71. The van der Waals surface area contributed by atoms with Crippen LogP contribution in [-0.2, 0) is 17.6 Å². The molecule has 0 atom stereocenters. The second kappa shape index (κ2) is 9.41. The van der Waals surface area contributed by atoms with Crippen LogP contribution in [0.25, 0.3) is 5.57 Å². The molecule has 7 heteroatoms. The number of nitrogens with zero attached hydrogens (tertiary/aromatic N) is 1. The topological polar surface area (TPSA) is 39.2 Å². The number of alkyl halides is 3. The number of hydrogen-bond acceptors (Lipinski definition) is 3. The highest BCUT2D eigenvalue weighted by molar-refractivity contribution is 5.91. The number of carbonyl (C=O) groups is 1. The summed E-state index contributed by atoms with van der Waals surface area (Å²) in [5, 5.41) is 0. The fourth-order valence-corrected chi connectivity index (χ4v) is 3.25. The normalized spacial score (nSPS) is 12.2. The Morgan fingerprint density at radius 2 is 1.87 bits per heavy atom. The summed E-state index contributed by atoms with van der Waals surface area (Å²) in [6.45, 7) is 8.35. The van der Waals surface area contributed by atoms with Crippen molar-refractivity contribution in [2.45, 2.75) is 60.2 Å². The Balaban J connectivity index is 2.29. The third-order valence-electron chi connectivity index (χ3n) is 4.98. The highest BCUT2D eigenvalue weighted by Gasteiger charge is 2.32. The number of benzene rings is 1. The van der Waals surface area contributed by atoms with Gasteiger partial charge in [0.1, 0.15) is 18.1 Å². The minimum atomic E-state index is -4.52. The van der Waals surface area contributed by atoms with Gasteiger partial charge < -0.3 is 4.74 Å². The molecule has 0 saturated heterocycles. The molecule has 1 heterocycles. The fraction of sp³-hybridized carbons (Fsp3) is 0.391. The molecule has 0 aliphatic heterocycles. The van der Waals surface area contributed by atoms with Gasteiger partial charge in [-0.05, 0) is 62.1 Å². The van der Waals surface area contributed by atoms with Gasteiger partial charge in [-0.2, -0.15) is 13.2 Å². The number of Topliss-reactive ketones (excluding diaryl/α,β-unsaturated/α-hetero) is 1. The molecule has 2 rings (SSSR count). The Morgan fingerprint density at radius 1 is 1.20 bits per heavy atom. The Kier molecular flexibility index (Phi) is 7.39. The summed E-state index contributed by atoms with van der Waals surface area (Å²) in [5.41, 5.74) is 2.18. The Hall–Kier alpha value is -2.70. The average Bonchev–Trinajstić information content (AvgIpc) is 2.68. The predicted octanol–water partition coefficient (Wildman–Crippen LogP) is 6.52. The van der Waals surface area contributed by atoms with Crippen LogP contribution in [0.15, 0.2) is 24.3 Å². The van der Waals surface area contributed by atoms with Crippen LogP contribution in [0.4, 0.5) is 17.6 Å². The van der Waals surface area contributed by atoms with Crippen molar-refractivity contribution < 1.29 is 27.1 Å². The fourth-order valence-electron chi connectivity index (χ4n) is 3.25. The van der Waals surface area contributed by atoms with E-state index in [1.807, 2.05) is 0 Å². The van der Waals surface area contributed by atoms with Crippen LogP contribution in [0, 0.1) is 26.6 Å². The van der Waals surface area contributed by atoms with Crippen molar-refractivity contribution in [3.8, 4) is 5.75 Å². The zero-order valence-electron chi connectivity index (χ0n) is 17.7. The maximum absolute atomic E-state index is 15.0. The van der Waals surface area contributed by atoms with E-state index in [0.29, 0.717) is 23.1 Å². The van der Waals surface area contributed by atoms with Crippen molar-refractivity contribution in [2.75, 3.05) is 0 Å². The van der Waals surface area contributed by atoms with Gasteiger partial charge in [-0.25, -0.2) is 9.37 Å². The molecule has 0 N–H and O–H groups in total. The number of ketones is 1. The van der Waals surface area contributed by atoms with Gasteiger partial charge in [-0.1, -0.05) is 19.1 Å². The lowest BCUT2D eigenvalue weighted by Gasteiger charge is -2.18. The molecule has 0 bridgehead atoms. The zero-order chi connectivity index (χ0) is 22.6. The minimum Gasteiger partial charge on any atom is -0.486 e. The van der Waals surface area contributed by atoms with Crippen LogP contribution >= 0.6 is 0 Å². The largest absolute Gasteiger partial charge is 0.486 e. The summed E-state index contributed by atoms with van der Waals surface area (Å²) >= 11 is 0. The Bertz CT molecular complexity index is 978. The number of ether oxygens (including phenoxy) is 1. The predicted molar refractivity (Wildman–Crippen MR) is 108 cm³/mol. The number of hydrogen-bond donors (Lipinski definition) is 0. The molecule has 0 aliphatic carbocycles. The van der Waals surface area contributed by atoms with Crippen LogP contribution < -0.4 is 4.74 Å². The standard InChI is InChI=1S/C23H25F4NO2/c1-6-16(11-18(29)7-2)21-13(3)10-19(22(24)14(21)4)30-12-17-8-9-20(23(25,26)27)28-15(17)5/h6,8-10H,7,11-12H2,1-5H3/b16-6-. The van der Waals surface area contributed by atoms with E-state index >= 15 is 0 Å². The van der Waals surface area contributed by atoms with Gasteiger partial charge in [-0.15, -0.1) is 0 Å². The van der Waals surface area contributed by atoms with Gasteiger partial charge in [0.05, 0.1) is 0 Å². The third-order valence-corrected chi connectivity index (χ3v) is 4.98. The van der Waals surface area contributed by atoms with Crippen molar-refractivity contribution in [1.82, 2.24) is 4.98 Å². The van der Waals surface area contributed by atoms with E-state index in [0.717, 1.165) is 17.2 Å². The molecule has 30 heavy (non-hydrogen) atoms. The number of allylic oxidation sites excluding steroid dienone is 2. The van der Waals surface area contributed by atoms with Crippen LogP contribution in [0.2, 0.25) is 0 Å². The second-order valence-corrected chi connectivity index (χ2v) is 7.12. The maximum atomic E-state index is 15.0. The lowest BCUT2D eigenvalue weighted by molar-refractivity contribution is -0.141. The molecule has 0 spiro atoms. The molecule has 0 saturated carbocycles. The van der Waals surface area contributed by atoms with Gasteiger partial charge in [0.15, 0.2) is 11.6 Å². The van der Waals surface area contributed by atoms with Crippen molar-refractivity contribution in [3.05, 3.63) is 63.7 Å². The zero-order valence-corrected chi connectivity index (χ0v) is 17.7. The number of aromatic nitrogens is 1. The van der Waals surface area contributed by atoms with Crippen molar-refractivity contribution in [3.63, 3.8) is 0 Å². The first-order valence-corrected chi connectivity index (χ1v) is 9.63. The minimum absolute atomic E-state index is 0.00493. The van der Waals surface area contributed by atoms with Crippen LogP contribution in [0.1, 0.15) is 60.3 Å². The molecule has 3 nitrogen and oxygen atoms in total. The molecule has 0 unspecified atom stereocenters. The van der Waals surface area contributed by atoms with Gasteiger partial charge in [0, 0.05) is 24.1 Å². The number of rotatable bonds is 7. The number of aryl methyl sites for hydroxylation is 2. The molecule has 162 valence electrons. The van der Waals surface area contributed by atoms with E-state index in [4.69, 9.17) is 4.74 Å². The van der Waals surface area contributed by atoms with Crippen molar-refractivity contribution >= 4 is 11.4 Å². The molecule has 1 aromatic heterocycles. The van der Waals surface area contributed by atoms with Crippen LogP contribution in [0.5, 0.6) is 5.75 Å². The first-order valence-electron chi connectivity index (χ1n) is 9.63. The van der Waals surface area contributed by atoms with E-state index in [1.54, 1.807) is 39.8 Å². The lowest BCUT2D eigenvalue weighted by Crippen LogP contribution is -2.11. The molecule has 0 amide bonds. The Labute approximate surface area is 173 Å². The summed E-state index contributed by atoms with van der Waals surface area (Å²) in [4.78, 5) is 15.4. The van der Waals surface area contributed by atoms with Gasteiger partial charge in [-0.3, -0.25) is 4.79 Å². The first-order chi connectivity index (χ1) is 14.0. The second-order valence-electron chi connectivity index (χ2n) is 7.12. The number of pyridine rings is 1. The molecule has 0 aliphatic rings. The molecule has 0 radical (unpaired) electrons. The summed E-state index contributed by atoms with van der Waals surface area (Å²) in [5.74, 6) is -0.491. The van der Waals surface area contributed by atoms with Gasteiger partial charge in [0.2, 0.25) is 0 Å². The molecule has 2 aromatic rings. The number of carbonyl (C=O) groups excluding carboxylic acids is 1. The van der Waals surface area contributed by atoms with E-state index in [2.05, 4.69) is 4.98 Å². The van der Waals surface area contributed by atoms with Crippen molar-refractivity contribution in [2.24, 2.45) is 0 Å². The van der Waals surface area contributed by atoms with Gasteiger partial charge in [0.25, 0.3) is 0 Å². The SMILES string of the molecule is C/C=C(/CC(=O)CC)c1c(C)cc(OCc2ccc(C(F)(F)F)nc2C)c(F)c1C. The number of halogens is 4. The van der Waals surface area contributed by atoms with Gasteiger partial charge >= 0.3 is 6.18 Å². The maximum Gasteiger partial charge on any atom is 0.433 e. The highest BCUT2D eigenvalue weighted by atomic mass is 19.4. The van der Waals surface area contributed by atoms with Crippen LogP contribution in [0.3, 0.4) is 0 Å².